The largest absolute Gasteiger partial charge is 0.476 e. The van der Waals surface area contributed by atoms with Gasteiger partial charge in [-0.1, -0.05) is 18.2 Å². The van der Waals surface area contributed by atoms with Gasteiger partial charge in [0.15, 0.2) is 0 Å². The fraction of sp³-hybridized carbons (Fsp3) is 0.231. The molecule has 0 saturated carbocycles. The smallest absolute Gasteiger partial charge is 0.363 e. The first-order valence-electron chi connectivity index (χ1n) is 6.24. The Morgan fingerprint density at radius 2 is 2.29 bits per heavy atom. The Kier molecular flexibility index (Phi) is 3.38. The fourth-order valence-electron chi connectivity index (χ4n) is 2.35. The van der Waals surface area contributed by atoms with Crippen LogP contribution in [-0.4, -0.2) is 31.0 Å². The summed E-state index contributed by atoms with van der Waals surface area (Å²) in [4.78, 5) is 22.3. The first kappa shape index (κ1) is 13.6. The average molecular weight is 305 g/mol. The molecule has 1 atom stereocenters. The predicted octanol–water partition coefficient (Wildman–Crippen LogP) is 2.21. The van der Waals surface area contributed by atoms with Crippen molar-refractivity contribution in [2.45, 2.75) is 23.1 Å². The van der Waals surface area contributed by atoms with E-state index in [4.69, 9.17) is 5.11 Å². The summed E-state index contributed by atoms with van der Waals surface area (Å²) in [6, 6.07) is 8.03. The van der Waals surface area contributed by atoms with Crippen LogP contribution in [0.2, 0.25) is 0 Å². The molecule has 1 aliphatic rings. The first-order chi connectivity index (χ1) is 10.0. The van der Waals surface area contributed by atoms with E-state index in [1.54, 1.807) is 11.8 Å². The summed E-state index contributed by atoms with van der Waals surface area (Å²) in [6.45, 7) is 0.438. The number of aromatic nitrogens is 2. The van der Waals surface area contributed by atoms with E-state index in [1.807, 2.05) is 18.2 Å². The van der Waals surface area contributed by atoms with Crippen molar-refractivity contribution in [1.82, 2.24) is 9.78 Å². The molecule has 1 aromatic heterocycles. The van der Waals surface area contributed by atoms with E-state index in [0.29, 0.717) is 6.54 Å². The summed E-state index contributed by atoms with van der Waals surface area (Å²) < 4.78 is 1.35. The van der Waals surface area contributed by atoms with Gasteiger partial charge in [-0.05, 0) is 18.1 Å². The van der Waals surface area contributed by atoms with E-state index < -0.39 is 22.3 Å². The molecular formula is C13H11N3O4S. The standard InChI is InChI=1S/C13H11N3O4S/c17-13(18)12-10(16(19)20)7-15(14-12)6-9-5-8-3-1-2-4-11(8)21-9/h1-4,7,9H,5-6H2,(H,17,18). The molecule has 0 aliphatic carbocycles. The zero-order valence-electron chi connectivity index (χ0n) is 10.8. The van der Waals surface area contributed by atoms with Crippen LogP contribution in [0.25, 0.3) is 0 Å². The Balaban J connectivity index is 1.79. The number of rotatable bonds is 4. The number of nitrogens with zero attached hydrogens (tertiary/aromatic N) is 3. The molecular weight excluding hydrogens is 294 g/mol. The van der Waals surface area contributed by atoms with Crippen LogP contribution in [0.1, 0.15) is 16.1 Å². The highest BCUT2D eigenvalue weighted by Crippen LogP contribution is 2.37. The van der Waals surface area contributed by atoms with E-state index in [0.717, 1.165) is 6.42 Å². The van der Waals surface area contributed by atoms with Crippen molar-refractivity contribution >= 4 is 23.4 Å². The van der Waals surface area contributed by atoms with Gasteiger partial charge in [0.1, 0.15) is 6.20 Å². The van der Waals surface area contributed by atoms with Crippen molar-refractivity contribution in [3.05, 3.63) is 51.8 Å². The second kappa shape index (κ2) is 5.21. The third kappa shape index (κ3) is 2.62. The Morgan fingerprint density at radius 1 is 1.52 bits per heavy atom. The molecule has 108 valence electrons. The number of aromatic carboxylic acids is 1. The second-order valence-corrected chi connectivity index (χ2v) is 6.04. The summed E-state index contributed by atoms with van der Waals surface area (Å²) >= 11 is 1.68. The number of benzene rings is 1. The van der Waals surface area contributed by atoms with Gasteiger partial charge in [0.05, 0.1) is 11.5 Å². The highest BCUT2D eigenvalue weighted by atomic mass is 32.2. The van der Waals surface area contributed by atoms with Gasteiger partial charge in [-0.15, -0.1) is 11.8 Å². The number of carbonyl (C=O) groups is 1. The minimum absolute atomic E-state index is 0.198. The molecule has 1 unspecified atom stereocenters. The van der Waals surface area contributed by atoms with Gasteiger partial charge in [-0.3, -0.25) is 14.8 Å². The third-order valence-electron chi connectivity index (χ3n) is 3.25. The summed E-state index contributed by atoms with van der Waals surface area (Å²) in [7, 11) is 0. The summed E-state index contributed by atoms with van der Waals surface area (Å²) in [5.74, 6) is -1.39. The SMILES string of the molecule is O=C(O)c1nn(CC2Cc3ccccc3S2)cc1[N+](=O)[O-]. The van der Waals surface area contributed by atoms with E-state index in [2.05, 4.69) is 11.2 Å². The van der Waals surface area contributed by atoms with Crippen molar-refractivity contribution in [2.75, 3.05) is 0 Å². The van der Waals surface area contributed by atoms with Gasteiger partial charge in [0, 0.05) is 10.1 Å². The Bertz CT molecular complexity index is 671. The summed E-state index contributed by atoms with van der Waals surface area (Å²) in [5.41, 5.74) is 0.260. The molecule has 1 aliphatic heterocycles. The number of hydrogen-bond acceptors (Lipinski definition) is 5. The quantitative estimate of drug-likeness (QED) is 0.687. The second-order valence-electron chi connectivity index (χ2n) is 4.70. The van der Waals surface area contributed by atoms with Gasteiger partial charge < -0.3 is 5.11 Å². The lowest BCUT2D eigenvalue weighted by atomic mass is 10.1. The zero-order chi connectivity index (χ0) is 15.0. The number of carboxylic acid groups (broad SMARTS) is 1. The van der Waals surface area contributed by atoms with Crippen LogP contribution in [0.4, 0.5) is 5.69 Å². The molecule has 2 aromatic rings. The van der Waals surface area contributed by atoms with Crippen LogP contribution < -0.4 is 0 Å². The highest BCUT2D eigenvalue weighted by Gasteiger charge is 2.28. The van der Waals surface area contributed by atoms with Gasteiger partial charge in [-0.2, -0.15) is 5.10 Å². The summed E-state index contributed by atoms with van der Waals surface area (Å²) in [6.07, 6.45) is 2.03. The first-order valence-corrected chi connectivity index (χ1v) is 7.12. The van der Waals surface area contributed by atoms with E-state index in [9.17, 15) is 14.9 Å². The van der Waals surface area contributed by atoms with Crippen molar-refractivity contribution in [3.8, 4) is 0 Å². The number of thioether (sulfide) groups is 1. The lowest BCUT2D eigenvalue weighted by Gasteiger charge is -2.07. The molecule has 0 spiro atoms. The number of nitro groups is 1. The van der Waals surface area contributed by atoms with Crippen molar-refractivity contribution in [1.29, 1.82) is 0 Å². The monoisotopic (exact) mass is 305 g/mol. The van der Waals surface area contributed by atoms with Crippen LogP contribution in [-0.2, 0) is 13.0 Å². The number of carboxylic acids is 1. The van der Waals surface area contributed by atoms with Crippen molar-refractivity contribution in [3.63, 3.8) is 0 Å². The molecule has 8 heteroatoms. The maximum Gasteiger partial charge on any atom is 0.363 e. The van der Waals surface area contributed by atoms with Crippen LogP contribution in [0.5, 0.6) is 0 Å². The molecule has 21 heavy (non-hydrogen) atoms. The van der Waals surface area contributed by atoms with E-state index in [-0.39, 0.29) is 5.25 Å². The van der Waals surface area contributed by atoms with Crippen molar-refractivity contribution < 1.29 is 14.8 Å². The van der Waals surface area contributed by atoms with Crippen LogP contribution in [0.3, 0.4) is 0 Å². The van der Waals surface area contributed by atoms with Gasteiger partial charge in [0.25, 0.3) is 0 Å². The number of fused-ring (bicyclic) bond motifs is 1. The minimum Gasteiger partial charge on any atom is -0.476 e. The molecule has 0 fully saturated rings. The molecule has 2 heterocycles. The molecule has 0 radical (unpaired) electrons. The minimum atomic E-state index is -1.39. The Morgan fingerprint density at radius 3 is 2.90 bits per heavy atom. The molecule has 3 rings (SSSR count). The predicted molar refractivity (Wildman–Crippen MR) is 75.6 cm³/mol. The van der Waals surface area contributed by atoms with E-state index >= 15 is 0 Å². The Labute approximate surface area is 123 Å². The van der Waals surface area contributed by atoms with Crippen LogP contribution in [0.15, 0.2) is 35.4 Å². The van der Waals surface area contributed by atoms with E-state index in [1.165, 1.54) is 21.3 Å². The lowest BCUT2D eigenvalue weighted by molar-refractivity contribution is -0.385. The third-order valence-corrected chi connectivity index (χ3v) is 4.55. The maximum absolute atomic E-state index is 11.0. The summed E-state index contributed by atoms with van der Waals surface area (Å²) in [5, 5.41) is 23.8. The van der Waals surface area contributed by atoms with Crippen LogP contribution >= 0.6 is 11.8 Å². The Hall–Kier alpha value is -2.35. The molecule has 1 aromatic carbocycles. The lowest BCUT2D eigenvalue weighted by Crippen LogP contribution is -2.13. The van der Waals surface area contributed by atoms with Crippen molar-refractivity contribution in [2.24, 2.45) is 0 Å². The fourth-order valence-corrected chi connectivity index (χ4v) is 3.66. The molecule has 0 saturated heterocycles. The number of hydrogen-bond donors (Lipinski definition) is 1. The van der Waals surface area contributed by atoms with Gasteiger partial charge >= 0.3 is 11.7 Å². The maximum atomic E-state index is 11.0. The van der Waals surface area contributed by atoms with Gasteiger partial charge in [0.2, 0.25) is 5.69 Å². The zero-order valence-corrected chi connectivity index (χ0v) is 11.6. The van der Waals surface area contributed by atoms with Crippen LogP contribution in [0, 0.1) is 10.1 Å². The van der Waals surface area contributed by atoms with Gasteiger partial charge in [-0.25, -0.2) is 4.79 Å². The molecule has 1 N–H and O–H groups in total. The molecule has 7 nitrogen and oxygen atoms in total. The molecule has 0 amide bonds. The topological polar surface area (TPSA) is 98.3 Å². The average Bonchev–Trinajstić information content (AvgIpc) is 3.02. The normalized spacial score (nSPS) is 16.7. The highest BCUT2D eigenvalue weighted by molar-refractivity contribution is 8.00. The molecule has 0 bridgehead atoms.